The van der Waals surface area contributed by atoms with E-state index in [1.54, 1.807) is 50.8 Å². The maximum atomic E-state index is 10.3. The number of aromatic nitrogens is 5. The molecule has 4 rings (SSSR count). The van der Waals surface area contributed by atoms with E-state index in [4.69, 9.17) is 0 Å². The second kappa shape index (κ2) is 8.12. The summed E-state index contributed by atoms with van der Waals surface area (Å²) in [6, 6.07) is 5.46. The number of rotatable bonds is 7. The SMILES string of the molecule is Cc1csc2nc(Nc3cnn(CC(C)(C)O)c3)nc(Nc3cccc(C(C)(C)O)n3)c12. The Labute approximate surface area is 190 Å². The summed E-state index contributed by atoms with van der Waals surface area (Å²) in [4.78, 5) is 14.7. The maximum absolute atomic E-state index is 10.3. The third kappa shape index (κ3) is 5.04. The molecule has 0 aromatic carbocycles. The Morgan fingerprint density at radius 1 is 1.06 bits per heavy atom. The number of pyridine rings is 1. The van der Waals surface area contributed by atoms with Crippen LogP contribution in [0.4, 0.5) is 23.3 Å². The highest BCUT2D eigenvalue weighted by Gasteiger charge is 2.19. The number of anilines is 4. The molecule has 9 nitrogen and oxygen atoms in total. The Balaban J connectivity index is 1.66. The standard InChI is InChI=1S/C22H27N7O2S/c1-13-11-32-19-17(13)18(26-16-8-6-7-15(25-16)22(4,5)31)27-20(28-19)24-14-9-23-29(10-14)12-21(2,3)30/h6-11,30-31H,12H2,1-5H3,(H2,24,25,26,27,28). The van der Waals surface area contributed by atoms with Crippen molar-refractivity contribution in [2.45, 2.75) is 52.4 Å². The van der Waals surface area contributed by atoms with Gasteiger partial charge in [0.2, 0.25) is 5.95 Å². The van der Waals surface area contributed by atoms with E-state index in [9.17, 15) is 10.2 Å². The molecule has 0 radical (unpaired) electrons. The molecule has 0 saturated heterocycles. The molecular formula is C22H27N7O2S. The Bertz CT molecular complexity index is 1250. The highest BCUT2D eigenvalue weighted by atomic mass is 32.1. The number of fused-ring (bicyclic) bond motifs is 1. The summed E-state index contributed by atoms with van der Waals surface area (Å²) in [6.07, 6.45) is 3.47. The van der Waals surface area contributed by atoms with E-state index in [-0.39, 0.29) is 0 Å². The van der Waals surface area contributed by atoms with Crippen LogP contribution in [0.15, 0.2) is 36.0 Å². The van der Waals surface area contributed by atoms with Gasteiger partial charge >= 0.3 is 0 Å². The van der Waals surface area contributed by atoms with Crippen LogP contribution in [-0.4, -0.2) is 40.5 Å². The van der Waals surface area contributed by atoms with E-state index in [1.807, 2.05) is 24.4 Å². The van der Waals surface area contributed by atoms with Gasteiger partial charge in [-0.1, -0.05) is 6.07 Å². The molecule has 0 aliphatic rings. The third-order valence-electron chi connectivity index (χ3n) is 4.68. The van der Waals surface area contributed by atoms with Gasteiger partial charge in [-0.25, -0.2) is 9.97 Å². The normalized spacial score (nSPS) is 12.3. The lowest BCUT2D eigenvalue weighted by Gasteiger charge is -2.17. The van der Waals surface area contributed by atoms with Crippen LogP contribution in [0.2, 0.25) is 0 Å². The number of aliphatic hydroxyl groups is 2. The monoisotopic (exact) mass is 453 g/mol. The lowest BCUT2D eigenvalue weighted by atomic mass is 10.1. The van der Waals surface area contributed by atoms with E-state index in [0.29, 0.717) is 29.8 Å². The Morgan fingerprint density at radius 3 is 2.56 bits per heavy atom. The summed E-state index contributed by atoms with van der Waals surface area (Å²) in [5.74, 6) is 1.63. The molecular weight excluding hydrogens is 426 g/mol. The lowest BCUT2D eigenvalue weighted by molar-refractivity contribution is 0.0577. The molecule has 0 amide bonds. The Kier molecular flexibility index (Phi) is 5.61. The summed E-state index contributed by atoms with van der Waals surface area (Å²) in [5.41, 5.74) is 0.431. The van der Waals surface area contributed by atoms with Gasteiger partial charge in [-0.15, -0.1) is 11.3 Å². The highest BCUT2D eigenvalue weighted by molar-refractivity contribution is 7.17. The molecule has 0 atom stereocenters. The second-order valence-electron chi connectivity index (χ2n) is 8.95. The van der Waals surface area contributed by atoms with Gasteiger partial charge in [-0.3, -0.25) is 4.68 Å². The van der Waals surface area contributed by atoms with Gasteiger partial charge in [0, 0.05) is 6.20 Å². The minimum absolute atomic E-state index is 0.370. The van der Waals surface area contributed by atoms with Crippen LogP contribution in [0.25, 0.3) is 10.2 Å². The molecule has 0 bridgehead atoms. The van der Waals surface area contributed by atoms with Gasteiger partial charge in [-0.05, 0) is 57.7 Å². The fraction of sp³-hybridized carbons (Fsp3) is 0.364. The van der Waals surface area contributed by atoms with Crippen molar-refractivity contribution in [3.8, 4) is 0 Å². The smallest absolute Gasteiger partial charge is 0.230 e. The van der Waals surface area contributed by atoms with E-state index in [1.165, 1.54) is 11.3 Å². The van der Waals surface area contributed by atoms with Crippen molar-refractivity contribution < 1.29 is 10.2 Å². The predicted molar refractivity (Wildman–Crippen MR) is 127 cm³/mol. The number of hydrogen-bond donors (Lipinski definition) is 4. The Morgan fingerprint density at radius 2 is 1.84 bits per heavy atom. The van der Waals surface area contributed by atoms with Crippen molar-refractivity contribution in [1.29, 1.82) is 0 Å². The molecule has 4 aromatic rings. The number of aryl methyl sites for hydroxylation is 1. The van der Waals surface area contributed by atoms with Crippen LogP contribution in [0, 0.1) is 6.92 Å². The predicted octanol–water partition coefficient (Wildman–Crippen LogP) is 4.08. The molecule has 0 spiro atoms. The molecule has 4 heterocycles. The molecule has 0 aliphatic heterocycles. The highest BCUT2D eigenvalue weighted by Crippen LogP contribution is 2.33. The molecule has 0 unspecified atom stereocenters. The van der Waals surface area contributed by atoms with Crippen molar-refractivity contribution in [3.05, 3.63) is 47.2 Å². The van der Waals surface area contributed by atoms with Crippen molar-refractivity contribution >= 4 is 44.8 Å². The van der Waals surface area contributed by atoms with Crippen LogP contribution < -0.4 is 10.6 Å². The Hall–Kier alpha value is -3.08. The first kappa shape index (κ1) is 22.1. The molecule has 0 fully saturated rings. The zero-order valence-corrected chi connectivity index (χ0v) is 19.5. The number of hydrogen-bond acceptors (Lipinski definition) is 9. The number of nitrogens with one attached hydrogen (secondary N) is 2. The maximum Gasteiger partial charge on any atom is 0.230 e. The van der Waals surface area contributed by atoms with Crippen molar-refractivity contribution in [2.24, 2.45) is 0 Å². The van der Waals surface area contributed by atoms with Gasteiger partial charge < -0.3 is 20.8 Å². The van der Waals surface area contributed by atoms with Crippen LogP contribution in [-0.2, 0) is 12.1 Å². The zero-order chi connectivity index (χ0) is 23.1. The van der Waals surface area contributed by atoms with E-state index >= 15 is 0 Å². The van der Waals surface area contributed by atoms with Gasteiger partial charge in [0.05, 0.1) is 35.1 Å². The van der Waals surface area contributed by atoms with Crippen LogP contribution >= 0.6 is 11.3 Å². The van der Waals surface area contributed by atoms with Gasteiger partial charge in [0.25, 0.3) is 0 Å². The first-order valence-electron chi connectivity index (χ1n) is 10.2. The third-order valence-corrected chi connectivity index (χ3v) is 5.67. The van der Waals surface area contributed by atoms with Crippen molar-refractivity contribution in [2.75, 3.05) is 10.6 Å². The largest absolute Gasteiger partial charge is 0.389 e. The van der Waals surface area contributed by atoms with E-state index in [0.717, 1.165) is 21.5 Å². The summed E-state index contributed by atoms with van der Waals surface area (Å²) >= 11 is 1.54. The van der Waals surface area contributed by atoms with Gasteiger partial charge in [0.15, 0.2) is 0 Å². The number of nitrogens with zero attached hydrogens (tertiary/aromatic N) is 5. The molecule has 32 heavy (non-hydrogen) atoms. The quantitative estimate of drug-likeness (QED) is 0.330. The summed E-state index contributed by atoms with van der Waals surface area (Å²) < 4.78 is 1.67. The van der Waals surface area contributed by atoms with Crippen LogP contribution in [0.3, 0.4) is 0 Å². The molecule has 0 saturated carbocycles. The lowest BCUT2D eigenvalue weighted by Crippen LogP contribution is -2.26. The van der Waals surface area contributed by atoms with Gasteiger partial charge in [-0.2, -0.15) is 10.1 Å². The fourth-order valence-corrected chi connectivity index (χ4v) is 4.16. The minimum Gasteiger partial charge on any atom is -0.389 e. The van der Waals surface area contributed by atoms with Crippen LogP contribution in [0.5, 0.6) is 0 Å². The first-order chi connectivity index (χ1) is 15.0. The number of thiophene rings is 1. The first-order valence-corrected chi connectivity index (χ1v) is 11.1. The van der Waals surface area contributed by atoms with Gasteiger partial charge in [0.1, 0.15) is 22.1 Å². The zero-order valence-electron chi connectivity index (χ0n) is 18.7. The summed E-state index contributed by atoms with van der Waals surface area (Å²) in [5, 5.41) is 34.0. The molecule has 10 heteroatoms. The topological polar surface area (TPSA) is 121 Å². The summed E-state index contributed by atoms with van der Waals surface area (Å²) in [6.45, 7) is 9.25. The molecule has 168 valence electrons. The van der Waals surface area contributed by atoms with E-state index in [2.05, 4.69) is 30.7 Å². The fourth-order valence-electron chi connectivity index (χ4n) is 3.24. The van der Waals surface area contributed by atoms with Crippen molar-refractivity contribution in [1.82, 2.24) is 24.7 Å². The average molecular weight is 454 g/mol. The minimum atomic E-state index is -1.05. The molecule has 4 N–H and O–H groups in total. The van der Waals surface area contributed by atoms with E-state index < -0.39 is 11.2 Å². The molecule has 4 aromatic heterocycles. The average Bonchev–Trinajstić information content (AvgIpc) is 3.26. The molecule has 0 aliphatic carbocycles. The second-order valence-corrected chi connectivity index (χ2v) is 9.81. The van der Waals surface area contributed by atoms with Crippen molar-refractivity contribution in [3.63, 3.8) is 0 Å². The van der Waals surface area contributed by atoms with Crippen LogP contribution in [0.1, 0.15) is 39.0 Å². The summed E-state index contributed by atoms with van der Waals surface area (Å²) in [7, 11) is 0.